The molecule has 1 saturated carbocycles. The third-order valence-corrected chi connectivity index (χ3v) is 10.2. The number of amides is 2. The van der Waals surface area contributed by atoms with E-state index in [1.165, 1.54) is 18.3 Å². The molecule has 3 N–H and O–H groups in total. The third-order valence-electron chi connectivity index (χ3n) is 9.18. The van der Waals surface area contributed by atoms with Crippen LogP contribution < -0.4 is 10.6 Å². The normalized spacial score (nSPS) is 23.2. The Morgan fingerprint density at radius 2 is 1.77 bits per heavy atom. The Morgan fingerprint density at radius 1 is 1.09 bits per heavy atom. The zero-order chi connectivity index (χ0) is 32.6. The van der Waals surface area contributed by atoms with Gasteiger partial charge in [-0.25, -0.2) is 4.98 Å². The minimum absolute atomic E-state index is 0.0528. The van der Waals surface area contributed by atoms with E-state index < -0.39 is 24.1 Å². The van der Waals surface area contributed by atoms with Gasteiger partial charge in [-0.3, -0.25) is 24.1 Å². The molecule has 1 saturated heterocycles. The van der Waals surface area contributed by atoms with E-state index in [4.69, 9.17) is 9.72 Å². The molecule has 12 heteroatoms. The fourth-order valence-electron chi connectivity index (χ4n) is 6.39. The van der Waals surface area contributed by atoms with Gasteiger partial charge in [0.2, 0.25) is 11.8 Å². The maximum Gasteiger partial charge on any atom is 0.306 e. The number of piperidine rings is 1. The van der Waals surface area contributed by atoms with E-state index in [1.54, 1.807) is 11.9 Å². The van der Waals surface area contributed by atoms with Crippen LogP contribution in [-0.2, 0) is 30.5 Å². The van der Waals surface area contributed by atoms with Crippen molar-refractivity contribution in [1.29, 1.82) is 0 Å². The number of carbonyl (C=O) groups excluding carboxylic acids is 3. The average Bonchev–Trinajstić information content (AvgIpc) is 3.45. The number of aliphatic carboxylic acids is 1. The summed E-state index contributed by atoms with van der Waals surface area (Å²) in [6.45, 7) is 10.7. The van der Waals surface area contributed by atoms with Crippen molar-refractivity contribution in [3.8, 4) is 0 Å². The zero-order valence-corrected chi connectivity index (χ0v) is 28.3. The smallest absolute Gasteiger partial charge is 0.306 e. The second-order valence-corrected chi connectivity index (χ2v) is 14.2. The van der Waals surface area contributed by atoms with Crippen molar-refractivity contribution < 1.29 is 29.0 Å². The van der Waals surface area contributed by atoms with Crippen LogP contribution in [0.25, 0.3) is 0 Å². The molecule has 0 radical (unpaired) electrons. The maximum absolute atomic E-state index is 13.9. The summed E-state index contributed by atoms with van der Waals surface area (Å²) >= 11 is 1.43. The van der Waals surface area contributed by atoms with E-state index in [1.807, 2.05) is 40.1 Å². The molecule has 1 unspecified atom stereocenters. The second kappa shape index (κ2) is 16.7. The Bertz CT molecular complexity index is 1120. The fraction of sp³-hybridized carbons (Fsp3) is 0.781. The Hall–Kier alpha value is -2.57. The predicted molar refractivity (Wildman–Crippen MR) is 170 cm³/mol. The Morgan fingerprint density at radius 3 is 2.34 bits per heavy atom. The molecule has 0 aromatic carbocycles. The summed E-state index contributed by atoms with van der Waals surface area (Å²) in [5.41, 5.74) is 0.836. The molecule has 0 bridgehead atoms. The third kappa shape index (κ3) is 9.97. The van der Waals surface area contributed by atoms with Crippen molar-refractivity contribution in [2.45, 2.75) is 123 Å². The van der Waals surface area contributed by atoms with Crippen molar-refractivity contribution in [2.75, 3.05) is 20.6 Å². The zero-order valence-electron chi connectivity index (χ0n) is 27.5. The summed E-state index contributed by atoms with van der Waals surface area (Å²) in [5.74, 6) is -1.70. The molecular formula is C32H53N5O6S. The number of hydrogen-bond donors (Lipinski definition) is 3. The van der Waals surface area contributed by atoms with Gasteiger partial charge in [0.25, 0.3) is 0 Å². The molecule has 4 atom stereocenters. The Kier molecular flexibility index (Phi) is 13.6. The highest BCUT2D eigenvalue weighted by atomic mass is 32.1. The molecule has 1 aromatic heterocycles. The number of nitrogens with zero attached hydrogens (tertiary/aromatic N) is 3. The van der Waals surface area contributed by atoms with Crippen LogP contribution in [0, 0.1) is 17.8 Å². The van der Waals surface area contributed by atoms with Crippen molar-refractivity contribution >= 4 is 35.1 Å². The van der Waals surface area contributed by atoms with Crippen molar-refractivity contribution in [1.82, 2.24) is 25.4 Å². The highest BCUT2D eigenvalue weighted by molar-refractivity contribution is 7.09. The second-order valence-electron chi connectivity index (χ2n) is 13.3. The molecule has 2 heterocycles. The summed E-state index contributed by atoms with van der Waals surface area (Å²) in [7, 11) is 3.72. The molecule has 3 rings (SSSR count). The van der Waals surface area contributed by atoms with E-state index in [-0.39, 0.29) is 47.7 Å². The van der Waals surface area contributed by atoms with Gasteiger partial charge in [0.15, 0.2) is 6.10 Å². The number of carboxylic acid groups (broad SMARTS) is 1. The SMILES string of the molecule is CC(=O)O[C@H](C[C@H](C(C)C)N(C)C(=O)[C@@H](NC(=O)C1CCCCN1C)C(C)C)c1nc(CN[C@H]2CC[C@H](C(=O)O)CC2)cs1. The molecule has 0 spiro atoms. The number of ether oxygens (including phenoxy) is 1. The number of likely N-dealkylation sites (tertiary alicyclic amines) is 1. The first-order valence-corrected chi connectivity index (χ1v) is 17.0. The number of rotatable bonds is 14. The van der Waals surface area contributed by atoms with Gasteiger partial charge in [0, 0.05) is 44.4 Å². The highest BCUT2D eigenvalue weighted by Gasteiger charge is 2.36. The van der Waals surface area contributed by atoms with Gasteiger partial charge in [-0.15, -0.1) is 11.3 Å². The molecule has 2 fully saturated rings. The molecule has 11 nitrogen and oxygen atoms in total. The lowest BCUT2D eigenvalue weighted by atomic mass is 9.86. The van der Waals surface area contributed by atoms with Crippen LogP contribution in [-0.4, -0.2) is 88.5 Å². The van der Waals surface area contributed by atoms with Crippen LogP contribution >= 0.6 is 11.3 Å². The summed E-state index contributed by atoms with van der Waals surface area (Å²) in [5, 5.41) is 18.4. The van der Waals surface area contributed by atoms with Crippen molar-refractivity contribution in [3.05, 3.63) is 16.1 Å². The lowest BCUT2D eigenvalue weighted by Crippen LogP contribution is -2.57. The van der Waals surface area contributed by atoms with Gasteiger partial charge < -0.3 is 25.4 Å². The van der Waals surface area contributed by atoms with E-state index in [0.29, 0.717) is 30.8 Å². The van der Waals surface area contributed by atoms with Gasteiger partial charge in [-0.2, -0.15) is 0 Å². The van der Waals surface area contributed by atoms with Gasteiger partial charge in [0.1, 0.15) is 11.0 Å². The maximum atomic E-state index is 13.9. The number of thiazole rings is 1. The van der Waals surface area contributed by atoms with Gasteiger partial charge in [-0.05, 0) is 64.0 Å². The first-order chi connectivity index (χ1) is 20.8. The van der Waals surface area contributed by atoms with Gasteiger partial charge in [-0.1, -0.05) is 34.1 Å². The highest BCUT2D eigenvalue weighted by Crippen LogP contribution is 2.31. The van der Waals surface area contributed by atoms with Gasteiger partial charge >= 0.3 is 11.9 Å². The minimum atomic E-state index is -0.715. The van der Waals surface area contributed by atoms with Gasteiger partial charge in [0.05, 0.1) is 17.7 Å². The standard InChI is InChI=1S/C32H53N5O6S/c1-19(2)26(37(7)31(40)28(20(3)4)35-29(39)25-10-8-9-15-36(25)6)16-27(43-21(5)38)30-34-24(18-44-30)17-33-23-13-11-22(12-14-23)32(41)42/h18-20,22-23,25-28,33H,8-17H2,1-7H3,(H,35,39)(H,41,42)/t22-,23-,25?,26-,27-,28+/m1/s1. The van der Waals surface area contributed by atoms with Crippen LogP contribution in [0.3, 0.4) is 0 Å². The molecule has 248 valence electrons. The number of nitrogens with one attached hydrogen (secondary N) is 2. The van der Waals surface area contributed by atoms with E-state index in [2.05, 4.69) is 15.5 Å². The number of carboxylic acids is 1. The lowest BCUT2D eigenvalue weighted by Gasteiger charge is -2.37. The topological polar surface area (TPSA) is 141 Å². The van der Waals surface area contributed by atoms with Crippen LogP contribution in [0.15, 0.2) is 5.38 Å². The van der Waals surface area contributed by atoms with Crippen LogP contribution in [0.2, 0.25) is 0 Å². The lowest BCUT2D eigenvalue weighted by molar-refractivity contribution is -0.149. The summed E-state index contributed by atoms with van der Waals surface area (Å²) in [6.07, 6.45) is 5.58. The Balaban J connectivity index is 1.68. The van der Waals surface area contributed by atoms with E-state index in [9.17, 15) is 24.3 Å². The fourth-order valence-corrected chi connectivity index (χ4v) is 7.25. The van der Waals surface area contributed by atoms with Crippen molar-refractivity contribution in [2.24, 2.45) is 17.8 Å². The number of aromatic nitrogens is 1. The molecule has 2 aliphatic rings. The number of carbonyl (C=O) groups is 4. The summed E-state index contributed by atoms with van der Waals surface area (Å²) in [4.78, 5) is 59.1. The van der Waals surface area contributed by atoms with Crippen LogP contribution in [0.5, 0.6) is 0 Å². The monoisotopic (exact) mass is 635 g/mol. The largest absolute Gasteiger partial charge is 0.481 e. The number of hydrogen-bond acceptors (Lipinski definition) is 9. The Labute approximate surface area is 266 Å². The van der Waals surface area contributed by atoms with Crippen LogP contribution in [0.1, 0.15) is 103 Å². The minimum Gasteiger partial charge on any atom is -0.481 e. The number of esters is 1. The molecule has 1 aliphatic heterocycles. The van der Waals surface area contributed by atoms with Crippen LogP contribution in [0.4, 0.5) is 0 Å². The summed E-state index contributed by atoms with van der Waals surface area (Å²) in [6, 6.07) is -0.916. The molecule has 44 heavy (non-hydrogen) atoms. The first-order valence-electron chi connectivity index (χ1n) is 16.1. The number of likely N-dealkylation sites (N-methyl/N-ethyl adjacent to an activating group) is 2. The van der Waals surface area contributed by atoms with E-state index in [0.717, 1.165) is 44.3 Å². The predicted octanol–water partition coefficient (Wildman–Crippen LogP) is 3.98. The first kappa shape index (κ1) is 35.9. The summed E-state index contributed by atoms with van der Waals surface area (Å²) < 4.78 is 5.77. The molecule has 1 aliphatic carbocycles. The van der Waals surface area contributed by atoms with E-state index >= 15 is 0 Å². The average molecular weight is 636 g/mol. The van der Waals surface area contributed by atoms with Crippen molar-refractivity contribution in [3.63, 3.8) is 0 Å². The molecule has 2 amide bonds. The quantitative estimate of drug-likeness (QED) is 0.259. The molecule has 1 aromatic rings. The molecular weight excluding hydrogens is 582 g/mol.